The molecule has 0 aliphatic heterocycles. The molecule has 3 heterocycles. The number of halogens is 1. The fourth-order valence-electron chi connectivity index (χ4n) is 1.40. The van der Waals surface area contributed by atoms with E-state index in [0.717, 1.165) is 14.9 Å². The predicted molar refractivity (Wildman–Crippen MR) is 67.2 cm³/mol. The van der Waals surface area contributed by atoms with Gasteiger partial charge in [-0.15, -0.1) is 0 Å². The van der Waals surface area contributed by atoms with Crippen molar-refractivity contribution >= 4 is 33.8 Å². The highest BCUT2D eigenvalue weighted by Gasteiger charge is 2.02. The van der Waals surface area contributed by atoms with Gasteiger partial charge in [-0.05, 0) is 34.7 Å². The predicted octanol–water partition coefficient (Wildman–Crippen LogP) is 1.82. The van der Waals surface area contributed by atoms with E-state index >= 15 is 0 Å². The van der Waals surface area contributed by atoms with Crippen LogP contribution in [-0.4, -0.2) is 24.7 Å². The SMILES string of the molecule is Ic1cnn(-c2ccc3nccnc3n2)c1. The van der Waals surface area contributed by atoms with Crippen molar-refractivity contribution in [2.24, 2.45) is 0 Å². The molecule has 0 aliphatic carbocycles. The fraction of sp³-hybridized carbons (Fsp3) is 0. The average molecular weight is 323 g/mol. The van der Waals surface area contributed by atoms with Crippen molar-refractivity contribution in [2.45, 2.75) is 0 Å². The number of nitrogens with zero attached hydrogens (tertiary/aromatic N) is 5. The number of hydrogen-bond acceptors (Lipinski definition) is 4. The summed E-state index contributed by atoms with van der Waals surface area (Å²) in [5.41, 5.74) is 1.42. The Morgan fingerprint density at radius 3 is 2.81 bits per heavy atom. The van der Waals surface area contributed by atoms with Gasteiger partial charge in [0.1, 0.15) is 5.52 Å². The van der Waals surface area contributed by atoms with Crippen LogP contribution in [0.3, 0.4) is 0 Å². The number of pyridine rings is 1. The molecule has 3 rings (SSSR count). The van der Waals surface area contributed by atoms with Crippen molar-refractivity contribution in [3.05, 3.63) is 40.5 Å². The van der Waals surface area contributed by atoms with E-state index < -0.39 is 0 Å². The molecule has 5 nitrogen and oxygen atoms in total. The monoisotopic (exact) mass is 323 g/mol. The third kappa shape index (κ3) is 1.64. The Morgan fingerprint density at radius 1 is 1.12 bits per heavy atom. The van der Waals surface area contributed by atoms with Crippen LogP contribution in [0, 0.1) is 3.57 Å². The number of aromatic nitrogens is 5. The molecule has 0 saturated heterocycles. The van der Waals surface area contributed by atoms with Crippen molar-refractivity contribution in [1.82, 2.24) is 24.7 Å². The third-order valence-corrected chi connectivity index (χ3v) is 2.66. The van der Waals surface area contributed by atoms with Crippen LogP contribution in [0.15, 0.2) is 36.9 Å². The first-order valence-electron chi connectivity index (χ1n) is 4.61. The van der Waals surface area contributed by atoms with Crippen LogP contribution in [0.4, 0.5) is 0 Å². The van der Waals surface area contributed by atoms with Crippen molar-refractivity contribution in [3.8, 4) is 5.82 Å². The molecule has 16 heavy (non-hydrogen) atoms. The van der Waals surface area contributed by atoms with Crippen molar-refractivity contribution in [2.75, 3.05) is 0 Å². The molecular formula is C10H6IN5. The van der Waals surface area contributed by atoms with E-state index in [1.807, 2.05) is 18.3 Å². The summed E-state index contributed by atoms with van der Waals surface area (Å²) >= 11 is 2.21. The summed E-state index contributed by atoms with van der Waals surface area (Å²) < 4.78 is 2.79. The normalized spacial score (nSPS) is 10.8. The van der Waals surface area contributed by atoms with Gasteiger partial charge in [-0.1, -0.05) is 0 Å². The Bertz CT molecular complexity index is 648. The Hall–Kier alpha value is -1.57. The van der Waals surface area contributed by atoms with E-state index in [1.54, 1.807) is 23.3 Å². The molecular weight excluding hydrogens is 317 g/mol. The standard InChI is InChI=1S/C10H6IN5/c11-7-5-14-16(6-7)9-2-1-8-10(15-9)13-4-3-12-8/h1-6H. The topological polar surface area (TPSA) is 56.5 Å². The summed E-state index contributed by atoms with van der Waals surface area (Å²) in [5, 5.41) is 4.19. The molecule has 0 atom stereocenters. The zero-order chi connectivity index (χ0) is 11.0. The van der Waals surface area contributed by atoms with Gasteiger partial charge in [0.15, 0.2) is 11.5 Å². The molecule has 0 bridgehead atoms. The van der Waals surface area contributed by atoms with Crippen LogP contribution in [0.2, 0.25) is 0 Å². The summed E-state index contributed by atoms with van der Waals surface area (Å²) in [7, 11) is 0. The molecule has 0 unspecified atom stereocenters. The lowest BCUT2D eigenvalue weighted by molar-refractivity contribution is 0.850. The van der Waals surface area contributed by atoms with Crippen molar-refractivity contribution in [3.63, 3.8) is 0 Å². The van der Waals surface area contributed by atoms with Gasteiger partial charge in [0.2, 0.25) is 0 Å². The molecule has 0 radical (unpaired) electrons. The Balaban J connectivity index is 2.18. The van der Waals surface area contributed by atoms with E-state index in [2.05, 4.69) is 42.6 Å². The summed E-state index contributed by atoms with van der Waals surface area (Å²) in [6.45, 7) is 0. The quantitative estimate of drug-likeness (QED) is 0.641. The number of fused-ring (bicyclic) bond motifs is 1. The average Bonchev–Trinajstić information content (AvgIpc) is 2.75. The summed E-state index contributed by atoms with van der Waals surface area (Å²) in [4.78, 5) is 12.7. The van der Waals surface area contributed by atoms with Gasteiger partial charge in [0, 0.05) is 18.6 Å². The number of hydrogen-bond donors (Lipinski definition) is 0. The van der Waals surface area contributed by atoms with Crippen LogP contribution >= 0.6 is 22.6 Å². The van der Waals surface area contributed by atoms with Crippen molar-refractivity contribution in [1.29, 1.82) is 0 Å². The molecule has 3 aromatic rings. The second-order valence-electron chi connectivity index (χ2n) is 3.17. The Kier molecular flexibility index (Phi) is 2.28. The van der Waals surface area contributed by atoms with Gasteiger partial charge >= 0.3 is 0 Å². The zero-order valence-corrected chi connectivity index (χ0v) is 10.2. The molecule has 6 heteroatoms. The van der Waals surface area contributed by atoms with E-state index in [0.29, 0.717) is 5.65 Å². The van der Waals surface area contributed by atoms with Gasteiger partial charge in [-0.2, -0.15) is 5.10 Å². The lowest BCUT2D eigenvalue weighted by atomic mass is 10.4. The van der Waals surface area contributed by atoms with Gasteiger partial charge in [-0.3, -0.25) is 4.98 Å². The van der Waals surface area contributed by atoms with Crippen LogP contribution in [0.5, 0.6) is 0 Å². The summed E-state index contributed by atoms with van der Waals surface area (Å²) in [5.74, 6) is 0.746. The Labute approximate surface area is 105 Å². The molecule has 0 aliphatic rings. The second kappa shape index (κ2) is 3.78. The molecule has 0 amide bonds. The largest absolute Gasteiger partial charge is 0.251 e. The van der Waals surface area contributed by atoms with E-state index in [4.69, 9.17) is 0 Å². The van der Waals surface area contributed by atoms with Crippen LogP contribution in [0.25, 0.3) is 17.0 Å². The minimum atomic E-state index is 0.630. The molecule has 0 aromatic carbocycles. The maximum Gasteiger partial charge on any atom is 0.180 e. The highest BCUT2D eigenvalue weighted by atomic mass is 127. The fourth-order valence-corrected chi connectivity index (χ4v) is 1.79. The molecule has 0 N–H and O–H groups in total. The minimum absolute atomic E-state index is 0.630. The van der Waals surface area contributed by atoms with Gasteiger partial charge in [0.25, 0.3) is 0 Å². The summed E-state index contributed by atoms with van der Waals surface area (Å²) in [6, 6.07) is 3.76. The van der Waals surface area contributed by atoms with E-state index in [1.165, 1.54) is 0 Å². The molecule has 3 aromatic heterocycles. The van der Waals surface area contributed by atoms with Gasteiger partial charge < -0.3 is 0 Å². The van der Waals surface area contributed by atoms with E-state index in [9.17, 15) is 0 Å². The highest BCUT2D eigenvalue weighted by molar-refractivity contribution is 14.1. The maximum atomic E-state index is 4.38. The first kappa shape index (κ1) is 9.64. The van der Waals surface area contributed by atoms with Crippen LogP contribution in [-0.2, 0) is 0 Å². The van der Waals surface area contributed by atoms with E-state index in [-0.39, 0.29) is 0 Å². The zero-order valence-electron chi connectivity index (χ0n) is 8.08. The Morgan fingerprint density at radius 2 is 2.00 bits per heavy atom. The third-order valence-electron chi connectivity index (χ3n) is 2.10. The summed E-state index contributed by atoms with van der Waals surface area (Å²) in [6.07, 6.45) is 6.97. The molecule has 0 spiro atoms. The minimum Gasteiger partial charge on any atom is -0.251 e. The van der Waals surface area contributed by atoms with Crippen LogP contribution < -0.4 is 0 Å². The molecule has 0 fully saturated rings. The van der Waals surface area contributed by atoms with Gasteiger partial charge in [-0.25, -0.2) is 14.6 Å². The first-order valence-corrected chi connectivity index (χ1v) is 5.69. The maximum absolute atomic E-state index is 4.38. The lowest BCUT2D eigenvalue weighted by Gasteiger charge is -2.00. The molecule has 0 saturated carbocycles. The van der Waals surface area contributed by atoms with Crippen LogP contribution in [0.1, 0.15) is 0 Å². The highest BCUT2D eigenvalue weighted by Crippen LogP contribution is 2.11. The smallest absolute Gasteiger partial charge is 0.180 e. The second-order valence-corrected chi connectivity index (χ2v) is 4.42. The lowest BCUT2D eigenvalue weighted by Crippen LogP contribution is -1.98. The van der Waals surface area contributed by atoms with Crippen molar-refractivity contribution < 1.29 is 0 Å². The van der Waals surface area contributed by atoms with Gasteiger partial charge in [0.05, 0.1) is 9.77 Å². The molecule has 78 valence electrons. The number of rotatable bonds is 1. The first-order chi connectivity index (χ1) is 7.83.